The molecule has 0 spiro atoms. The highest BCUT2D eigenvalue weighted by Crippen LogP contribution is 2.23. The number of hydrogen-bond donors (Lipinski definition) is 2. The summed E-state index contributed by atoms with van der Waals surface area (Å²) in [5.41, 5.74) is 6.96. The van der Waals surface area contributed by atoms with Crippen LogP contribution in [-0.4, -0.2) is 16.1 Å². The second kappa shape index (κ2) is 6.58. The Morgan fingerprint density at radius 3 is 2.60 bits per heavy atom. The van der Waals surface area contributed by atoms with E-state index in [1.54, 1.807) is 0 Å². The van der Waals surface area contributed by atoms with Crippen molar-refractivity contribution in [2.24, 2.45) is 5.73 Å². The fourth-order valence-corrected chi connectivity index (χ4v) is 2.47. The molecule has 6 heteroatoms. The third-order valence-electron chi connectivity index (χ3n) is 2.81. The zero-order valence-corrected chi connectivity index (χ0v) is 12.4. The van der Waals surface area contributed by atoms with Crippen LogP contribution in [0.5, 0.6) is 0 Å². The lowest BCUT2D eigenvalue weighted by molar-refractivity contribution is -0.116. The number of hydrogen-bond acceptors (Lipinski definition) is 5. The average molecular weight is 290 g/mol. The molecule has 0 radical (unpaired) electrons. The lowest BCUT2D eigenvalue weighted by Gasteiger charge is -2.10. The van der Waals surface area contributed by atoms with E-state index in [1.807, 2.05) is 44.2 Å². The molecule has 1 aromatic carbocycles. The summed E-state index contributed by atoms with van der Waals surface area (Å²) < 4.78 is 0. The number of rotatable bonds is 5. The molecule has 0 aliphatic carbocycles. The van der Waals surface area contributed by atoms with Crippen molar-refractivity contribution in [2.75, 3.05) is 5.32 Å². The van der Waals surface area contributed by atoms with Crippen LogP contribution in [0.4, 0.5) is 5.13 Å². The van der Waals surface area contributed by atoms with Gasteiger partial charge in [-0.3, -0.25) is 4.79 Å². The molecule has 0 bridgehead atoms. The lowest BCUT2D eigenvalue weighted by Crippen LogP contribution is -2.20. The van der Waals surface area contributed by atoms with E-state index in [0.29, 0.717) is 11.0 Å². The van der Waals surface area contributed by atoms with Crippen molar-refractivity contribution in [2.45, 2.75) is 32.2 Å². The molecule has 1 heterocycles. The molecule has 1 amide bonds. The summed E-state index contributed by atoms with van der Waals surface area (Å²) in [6.45, 7) is 4.08. The van der Waals surface area contributed by atoms with Gasteiger partial charge in [0, 0.05) is 18.4 Å². The Balaban J connectivity index is 1.92. The number of carbonyl (C=O) groups excluding carboxylic acids is 1. The van der Waals surface area contributed by atoms with E-state index in [0.717, 1.165) is 10.6 Å². The quantitative estimate of drug-likeness (QED) is 0.887. The van der Waals surface area contributed by atoms with Gasteiger partial charge in [0.25, 0.3) is 0 Å². The van der Waals surface area contributed by atoms with E-state index in [1.165, 1.54) is 11.3 Å². The summed E-state index contributed by atoms with van der Waals surface area (Å²) >= 11 is 1.40. The number of carbonyl (C=O) groups is 1. The molecule has 2 aromatic rings. The predicted octanol–water partition coefficient (Wildman–Crippen LogP) is 2.69. The molecule has 1 aromatic heterocycles. The van der Waals surface area contributed by atoms with Crippen molar-refractivity contribution in [1.82, 2.24) is 10.2 Å². The second-order valence-corrected chi connectivity index (χ2v) is 5.88. The van der Waals surface area contributed by atoms with Crippen molar-refractivity contribution in [1.29, 1.82) is 0 Å². The lowest BCUT2D eigenvalue weighted by atomic mass is 10.0. The number of nitrogens with one attached hydrogen (secondary N) is 1. The molecular weight excluding hydrogens is 272 g/mol. The maximum atomic E-state index is 11.9. The van der Waals surface area contributed by atoms with Gasteiger partial charge in [0.2, 0.25) is 11.0 Å². The first-order chi connectivity index (χ1) is 9.56. The van der Waals surface area contributed by atoms with Crippen LogP contribution in [0.25, 0.3) is 0 Å². The van der Waals surface area contributed by atoms with Crippen LogP contribution in [0.2, 0.25) is 0 Å². The Morgan fingerprint density at radius 1 is 1.30 bits per heavy atom. The topological polar surface area (TPSA) is 80.9 Å². The molecule has 0 aliphatic heterocycles. The van der Waals surface area contributed by atoms with Crippen LogP contribution in [0.15, 0.2) is 30.3 Å². The maximum Gasteiger partial charge on any atom is 0.228 e. The van der Waals surface area contributed by atoms with Crippen LogP contribution >= 0.6 is 11.3 Å². The molecule has 106 valence electrons. The average Bonchev–Trinajstić information content (AvgIpc) is 2.88. The van der Waals surface area contributed by atoms with E-state index in [4.69, 9.17) is 5.73 Å². The first kappa shape index (κ1) is 14.6. The third-order valence-corrected chi connectivity index (χ3v) is 3.95. The molecule has 0 aliphatic rings. The molecular formula is C14H18N4OS. The largest absolute Gasteiger partial charge is 0.324 e. The molecule has 20 heavy (non-hydrogen) atoms. The van der Waals surface area contributed by atoms with E-state index in [-0.39, 0.29) is 18.4 Å². The van der Waals surface area contributed by atoms with Gasteiger partial charge < -0.3 is 11.1 Å². The summed E-state index contributed by atoms with van der Waals surface area (Å²) in [4.78, 5) is 11.9. The zero-order chi connectivity index (χ0) is 14.5. The highest BCUT2D eigenvalue weighted by molar-refractivity contribution is 7.15. The molecule has 0 fully saturated rings. The first-order valence-corrected chi connectivity index (χ1v) is 7.31. The molecule has 1 unspecified atom stereocenters. The van der Waals surface area contributed by atoms with Crippen LogP contribution in [-0.2, 0) is 4.79 Å². The summed E-state index contributed by atoms with van der Waals surface area (Å²) in [6.07, 6.45) is 0.223. The van der Waals surface area contributed by atoms with E-state index >= 15 is 0 Å². The van der Waals surface area contributed by atoms with Crippen LogP contribution < -0.4 is 11.1 Å². The van der Waals surface area contributed by atoms with Gasteiger partial charge in [0.05, 0.1) is 0 Å². The zero-order valence-electron chi connectivity index (χ0n) is 11.5. The van der Waals surface area contributed by atoms with E-state index in [9.17, 15) is 4.79 Å². The van der Waals surface area contributed by atoms with Crippen LogP contribution in [0, 0.1) is 0 Å². The highest BCUT2D eigenvalue weighted by atomic mass is 32.1. The van der Waals surface area contributed by atoms with Crippen molar-refractivity contribution in [3.8, 4) is 0 Å². The molecule has 5 nitrogen and oxygen atoms in total. The Bertz CT molecular complexity index is 568. The van der Waals surface area contributed by atoms with Crippen molar-refractivity contribution < 1.29 is 4.79 Å². The number of nitrogens with zero attached hydrogens (tertiary/aromatic N) is 2. The molecule has 0 saturated carbocycles. The van der Waals surface area contributed by atoms with E-state index < -0.39 is 0 Å². The van der Waals surface area contributed by atoms with Crippen molar-refractivity contribution in [3.63, 3.8) is 0 Å². The smallest absolute Gasteiger partial charge is 0.228 e. The first-order valence-electron chi connectivity index (χ1n) is 6.50. The minimum atomic E-state index is -0.311. The number of amides is 1. The van der Waals surface area contributed by atoms with Gasteiger partial charge in [-0.1, -0.05) is 55.5 Å². The minimum Gasteiger partial charge on any atom is -0.324 e. The number of aromatic nitrogens is 2. The number of benzene rings is 1. The fraction of sp³-hybridized carbons (Fsp3) is 0.357. The normalized spacial score (nSPS) is 12.4. The number of anilines is 1. The van der Waals surface area contributed by atoms with Gasteiger partial charge in [0.15, 0.2) is 0 Å². The van der Waals surface area contributed by atoms with Crippen LogP contribution in [0.1, 0.15) is 42.8 Å². The summed E-state index contributed by atoms with van der Waals surface area (Å²) in [6, 6.07) is 9.26. The van der Waals surface area contributed by atoms with Gasteiger partial charge in [-0.15, -0.1) is 10.2 Å². The van der Waals surface area contributed by atoms with Crippen molar-refractivity contribution >= 4 is 22.4 Å². The molecule has 0 saturated heterocycles. The van der Waals surface area contributed by atoms with Gasteiger partial charge in [-0.05, 0) is 5.56 Å². The summed E-state index contributed by atoms with van der Waals surface area (Å²) in [5.74, 6) is 0.164. The fourth-order valence-electron chi connectivity index (χ4n) is 1.71. The van der Waals surface area contributed by atoms with Gasteiger partial charge in [-0.25, -0.2) is 0 Å². The summed E-state index contributed by atoms with van der Waals surface area (Å²) in [5, 5.41) is 12.2. The van der Waals surface area contributed by atoms with E-state index in [2.05, 4.69) is 15.5 Å². The Hall–Kier alpha value is -1.79. The Kier molecular flexibility index (Phi) is 4.81. The minimum absolute atomic E-state index is 0.146. The van der Waals surface area contributed by atoms with Gasteiger partial charge in [0.1, 0.15) is 5.01 Å². The molecule has 3 N–H and O–H groups in total. The third kappa shape index (κ3) is 3.85. The predicted molar refractivity (Wildman–Crippen MR) is 80.6 cm³/mol. The Labute approximate surface area is 122 Å². The monoisotopic (exact) mass is 290 g/mol. The standard InChI is InChI=1S/C14H18N4OS/c1-9(2)13-17-18-14(20-13)16-12(19)8-11(15)10-6-4-3-5-7-10/h3-7,9,11H,8,15H2,1-2H3,(H,16,18,19). The van der Waals surface area contributed by atoms with Gasteiger partial charge in [-0.2, -0.15) is 0 Å². The summed E-state index contributed by atoms with van der Waals surface area (Å²) in [7, 11) is 0. The molecule has 1 atom stereocenters. The SMILES string of the molecule is CC(C)c1nnc(NC(=O)CC(N)c2ccccc2)s1. The number of nitrogens with two attached hydrogens (primary N) is 1. The van der Waals surface area contributed by atoms with Crippen LogP contribution in [0.3, 0.4) is 0 Å². The molecule has 2 rings (SSSR count). The highest BCUT2D eigenvalue weighted by Gasteiger charge is 2.14. The second-order valence-electron chi connectivity index (χ2n) is 4.87. The van der Waals surface area contributed by atoms with Gasteiger partial charge >= 0.3 is 0 Å². The van der Waals surface area contributed by atoms with Crippen molar-refractivity contribution in [3.05, 3.63) is 40.9 Å². The maximum absolute atomic E-state index is 11.9. The Morgan fingerprint density at radius 2 is 2.00 bits per heavy atom.